The molecule has 1 aliphatic heterocycles. The Morgan fingerprint density at radius 1 is 0.972 bits per heavy atom. The van der Waals surface area contributed by atoms with E-state index in [4.69, 9.17) is 5.11 Å². The molecule has 5 rings (SSSR count). The fourth-order valence-corrected chi connectivity index (χ4v) is 4.51. The highest BCUT2D eigenvalue weighted by atomic mass is 16.4. The highest BCUT2D eigenvalue weighted by molar-refractivity contribution is 5.99. The number of carboxylic acids is 1. The second kappa shape index (κ2) is 10.4. The topological polar surface area (TPSA) is 87.1 Å². The van der Waals surface area contributed by atoms with Gasteiger partial charge < -0.3 is 10.5 Å². The van der Waals surface area contributed by atoms with Gasteiger partial charge in [0, 0.05) is 30.6 Å². The van der Waals surface area contributed by atoms with Gasteiger partial charge in [0.1, 0.15) is 0 Å². The van der Waals surface area contributed by atoms with Crippen LogP contribution in [0.4, 0.5) is 5.69 Å². The Morgan fingerprint density at radius 2 is 1.72 bits per heavy atom. The van der Waals surface area contributed by atoms with Crippen LogP contribution in [-0.2, 0) is 11.3 Å². The number of anilines is 1. The molecular formula is C30H26N4O2. The van der Waals surface area contributed by atoms with Crippen LogP contribution in [0.15, 0.2) is 91.4 Å². The highest BCUT2D eigenvalue weighted by Crippen LogP contribution is 2.37. The fourth-order valence-electron chi connectivity index (χ4n) is 4.51. The maximum Gasteiger partial charge on any atom is 0.328 e. The van der Waals surface area contributed by atoms with Crippen LogP contribution in [0.3, 0.4) is 0 Å². The van der Waals surface area contributed by atoms with Crippen molar-refractivity contribution in [1.29, 1.82) is 0 Å². The van der Waals surface area contributed by atoms with Crippen LogP contribution in [0.1, 0.15) is 41.2 Å². The van der Waals surface area contributed by atoms with E-state index in [2.05, 4.69) is 82.3 Å². The second-order valence-corrected chi connectivity index (χ2v) is 8.52. The number of aromatic nitrogens is 2. The van der Waals surface area contributed by atoms with E-state index in [-0.39, 0.29) is 0 Å². The number of fused-ring (bicyclic) bond motifs is 1. The Balaban J connectivity index is 1.62. The summed E-state index contributed by atoms with van der Waals surface area (Å²) in [6.45, 7) is 2.94. The SMILES string of the molecule is CC/C(=C(/c1ccc(/C=C/C(=O)O)cc1)c1ccc2c(c1)CNN2)c1ccc(-c2cnccn2)cc1. The van der Waals surface area contributed by atoms with E-state index < -0.39 is 5.97 Å². The van der Waals surface area contributed by atoms with Crippen molar-refractivity contribution in [2.75, 3.05) is 5.43 Å². The van der Waals surface area contributed by atoms with Crippen LogP contribution in [0.25, 0.3) is 28.5 Å². The smallest absolute Gasteiger partial charge is 0.328 e. The van der Waals surface area contributed by atoms with Gasteiger partial charge in [-0.3, -0.25) is 9.97 Å². The molecule has 0 fully saturated rings. The van der Waals surface area contributed by atoms with Crippen LogP contribution in [-0.4, -0.2) is 21.0 Å². The van der Waals surface area contributed by atoms with Crippen molar-refractivity contribution in [3.05, 3.63) is 119 Å². The summed E-state index contributed by atoms with van der Waals surface area (Å²) in [5, 5.41) is 8.95. The number of nitrogens with zero attached hydrogens (tertiary/aromatic N) is 2. The minimum absolute atomic E-state index is 0.768. The van der Waals surface area contributed by atoms with Gasteiger partial charge in [-0.1, -0.05) is 61.5 Å². The third kappa shape index (κ3) is 4.94. The molecule has 0 bridgehead atoms. The minimum Gasteiger partial charge on any atom is -0.478 e. The summed E-state index contributed by atoms with van der Waals surface area (Å²) in [6, 6.07) is 23.0. The van der Waals surface area contributed by atoms with Gasteiger partial charge in [-0.05, 0) is 63.6 Å². The zero-order valence-corrected chi connectivity index (χ0v) is 19.9. The standard InChI is InChI=1S/C30H26N4O2/c1-2-26(21-8-10-22(11-9-21)28-19-31-15-16-32-28)30(24-12-13-27-25(17-24)18-33-34-27)23-6-3-20(4-7-23)5-14-29(35)36/h3-17,19,33-34H,2,18H2,1H3,(H,35,36)/b14-5+,30-26+. The summed E-state index contributed by atoms with van der Waals surface area (Å²) in [4.78, 5) is 19.5. The average Bonchev–Trinajstić information content (AvgIpc) is 3.40. The molecule has 0 saturated heterocycles. The van der Waals surface area contributed by atoms with Crippen molar-refractivity contribution in [3.8, 4) is 11.3 Å². The summed E-state index contributed by atoms with van der Waals surface area (Å²) in [7, 11) is 0. The zero-order chi connectivity index (χ0) is 24.9. The van der Waals surface area contributed by atoms with Gasteiger partial charge in [-0.15, -0.1) is 0 Å². The largest absolute Gasteiger partial charge is 0.478 e. The molecule has 3 N–H and O–H groups in total. The molecule has 0 atom stereocenters. The lowest BCUT2D eigenvalue weighted by Gasteiger charge is -2.17. The van der Waals surface area contributed by atoms with E-state index in [1.165, 1.54) is 11.1 Å². The van der Waals surface area contributed by atoms with Gasteiger partial charge in [-0.2, -0.15) is 0 Å². The molecule has 0 spiro atoms. The second-order valence-electron chi connectivity index (χ2n) is 8.52. The third-order valence-electron chi connectivity index (χ3n) is 6.26. The maximum absolute atomic E-state index is 10.9. The number of allylic oxidation sites excluding steroid dienone is 1. The first-order chi connectivity index (χ1) is 17.6. The molecule has 4 aromatic rings. The molecule has 1 aliphatic rings. The molecule has 6 heteroatoms. The quantitative estimate of drug-likeness (QED) is 0.224. The van der Waals surface area contributed by atoms with E-state index in [9.17, 15) is 4.79 Å². The first-order valence-electron chi connectivity index (χ1n) is 11.9. The number of benzene rings is 3. The summed E-state index contributed by atoms with van der Waals surface area (Å²) >= 11 is 0. The van der Waals surface area contributed by atoms with Crippen molar-refractivity contribution < 1.29 is 9.90 Å². The number of nitrogens with one attached hydrogen (secondary N) is 2. The zero-order valence-electron chi connectivity index (χ0n) is 19.9. The Morgan fingerprint density at radius 3 is 2.42 bits per heavy atom. The van der Waals surface area contributed by atoms with Crippen LogP contribution in [0.5, 0.6) is 0 Å². The van der Waals surface area contributed by atoms with E-state index in [0.29, 0.717) is 0 Å². The van der Waals surface area contributed by atoms with Gasteiger partial charge in [-0.25, -0.2) is 10.2 Å². The molecule has 178 valence electrons. The van der Waals surface area contributed by atoms with E-state index in [0.717, 1.165) is 63.8 Å². The van der Waals surface area contributed by atoms with Crippen LogP contribution >= 0.6 is 0 Å². The number of hydrazine groups is 1. The normalized spacial score (nSPS) is 13.2. The number of aliphatic carboxylic acids is 1. The molecule has 0 saturated carbocycles. The van der Waals surface area contributed by atoms with E-state index in [1.807, 2.05) is 12.1 Å². The predicted octanol–water partition coefficient (Wildman–Crippen LogP) is 6.04. The molecule has 2 heterocycles. The lowest BCUT2D eigenvalue weighted by molar-refractivity contribution is -0.131. The van der Waals surface area contributed by atoms with Crippen LogP contribution in [0.2, 0.25) is 0 Å². The Labute approximate surface area is 210 Å². The highest BCUT2D eigenvalue weighted by Gasteiger charge is 2.17. The number of hydrogen-bond acceptors (Lipinski definition) is 5. The Hall–Kier alpha value is -4.55. The van der Waals surface area contributed by atoms with Crippen molar-refractivity contribution in [3.63, 3.8) is 0 Å². The van der Waals surface area contributed by atoms with Crippen molar-refractivity contribution in [2.45, 2.75) is 19.9 Å². The lowest BCUT2D eigenvalue weighted by atomic mass is 9.87. The summed E-state index contributed by atoms with van der Waals surface area (Å²) in [6.07, 6.45) is 8.74. The molecule has 0 amide bonds. The molecule has 3 aromatic carbocycles. The van der Waals surface area contributed by atoms with Crippen molar-refractivity contribution in [1.82, 2.24) is 15.4 Å². The fraction of sp³-hybridized carbons (Fsp3) is 0.100. The summed E-state index contributed by atoms with van der Waals surface area (Å²) < 4.78 is 0. The first kappa shape index (κ1) is 23.2. The number of carboxylic acid groups (broad SMARTS) is 1. The van der Waals surface area contributed by atoms with E-state index in [1.54, 1.807) is 24.7 Å². The van der Waals surface area contributed by atoms with Gasteiger partial charge in [0.15, 0.2) is 0 Å². The minimum atomic E-state index is -0.960. The van der Waals surface area contributed by atoms with Gasteiger partial charge in [0.25, 0.3) is 0 Å². The number of rotatable bonds is 7. The van der Waals surface area contributed by atoms with Crippen LogP contribution < -0.4 is 10.9 Å². The molecule has 6 nitrogen and oxygen atoms in total. The average molecular weight is 475 g/mol. The summed E-state index contributed by atoms with van der Waals surface area (Å²) in [5.74, 6) is -0.960. The van der Waals surface area contributed by atoms with Gasteiger partial charge >= 0.3 is 5.97 Å². The maximum atomic E-state index is 10.9. The van der Waals surface area contributed by atoms with Crippen molar-refractivity contribution >= 4 is 28.9 Å². The molecule has 0 unspecified atom stereocenters. The molecule has 0 aliphatic carbocycles. The van der Waals surface area contributed by atoms with Gasteiger partial charge in [0.05, 0.1) is 17.6 Å². The van der Waals surface area contributed by atoms with Gasteiger partial charge in [0.2, 0.25) is 0 Å². The predicted molar refractivity (Wildman–Crippen MR) is 144 cm³/mol. The number of carbonyl (C=O) groups is 1. The molecular weight excluding hydrogens is 448 g/mol. The van der Waals surface area contributed by atoms with Crippen molar-refractivity contribution in [2.24, 2.45) is 0 Å². The summed E-state index contributed by atoms with van der Waals surface area (Å²) in [5.41, 5.74) is 17.2. The van der Waals surface area contributed by atoms with E-state index >= 15 is 0 Å². The van der Waals surface area contributed by atoms with Crippen LogP contribution in [0, 0.1) is 0 Å². The third-order valence-corrected chi connectivity index (χ3v) is 6.26. The molecule has 36 heavy (non-hydrogen) atoms. The lowest BCUT2D eigenvalue weighted by Crippen LogP contribution is -2.10. The molecule has 1 aromatic heterocycles. The Kier molecular flexibility index (Phi) is 6.69. The number of hydrogen-bond donors (Lipinski definition) is 3. The Bertz CT molecular complexity index is 1440. The first-order valence-corrected chi connectivity index (χ1v) is 11.9. The molecule has 0 radical (unpaired) electrons. The monoisotopic (exact) mass is 474 g/mol.